The summed E-state index contributed by atoms with van der Waals surface area (Å²) >= 11 is 0. The van der Waals surface area contributed by atoms with Gasteiger partial charge in [-0.1, -0.05) is 12.1 Å². The molecule has 0 saturated carbocycles. The zero-order valence-electron chi connectivity index (χ0n) is 19.1. The highest BCUT2D eigenvalue weighted by Crippen LogP contribution is 2.43. The fourth-order valence-electron chi connectivity index (χ4n) is 4.30. The Hall–Kier alpha value is -2.56. The van der Waals surface area contributed by atoms with E-state index in [9.17, 15) is 27.9 Å². The lowest BCUT2D eigenvalue weighted by Gasteiger charge is -2.37. The summed E-state index contributed by atoms with van der Waals surface area (Å²) in [5.41, 5.74) is 0.464. The van der Waals surface area contributed by atoms with E-state index in [4.69, 9.17) is 9.47 Å². The minimum Gasteiger partial charge on any atom is -0.478 e. The number of halogens is 4. The molecule has 7 nitrogen and oxygen atoms in total. The lowest BCUT2D eigenvalue weighted by molar-refractivity contribution is -0.138. The molecule has 2 aliphatic rings. The van der Waals surface area contributed by atoms with Gasteiger partial charge in [0.25, 0.3) is 0 Å². The lowest BCUT2D eigenvalue weighted by Crippen LogP contribution is -2.39. The highest BCUT2D eigenvalue weighted by molar-refractivity contribution is 5.99. The molecule has 0 aromatic heterocycles. The molecule has 0 aliphatic carbocycles. The summed E-state index contributed by atoms with van der Waals surface area (Å²) < 4.78 is 49.5. The van der Waals surface area contributed by atoms with Crippen molar-refractivity contribution in [1.82, 2.24) is 9.80 Å². The molecule has 1 saturated heterocycles. The molecule has 188 valence electrons. The SMILES string of the molecule is COC(=O)C1=C(C)N(C)C(CCN2CCOCC2)=C(C(=O)O)C1c1ccc(C(F)(F)F)cc1.Cl. The number of nitrogens with zero attached hydrogens (tertiary/aromatic N) is 2. The van der Waals surface area contributed by atoms with Crippen LogP contribution in [0.25, 0.3) is 0 Å². The topological polar surface area (TPSA) is 79.3 Å². The first kappa shape index (κ1) is 27.7. The lowest BCUT2D eigenvalue weighted by atomic mass is 9.79. The fraction of sp³-hybridized carbons (Fsp3) is 0.478. The van der Waals surface area contributed by atoms with E-state index < -0.39 is 29.6 Å². The van der Waals surface area contributed by atoms with Gasteiger partial charge in [-0.2, -0.15) is 13.2 Å². The van der Waals surface area contributed by atoms with E-state index in [0.29, 0.717) is 37.6 Å². The molecule has 0 amide bonds. The van der Waals surface area contributed by atoms with Crippen LogP contribution in [0.15, 0.2) is 46.8 Å². The van der Waals surface area contributed by atoms with E-state index in [2.05, 4.69) is 4.90 Å². The fourth-order valence-corrected chi connectivity index (χ4v) is 4.30. The Labute approximate surface area is 202 Å². The number of benzene rings is 1. The maximum atomic E-state index is 13.1. The van der Waals surface area contributed by atoms with Gasteiger partial charge in [-0.15, -0.1) is 12.4 Å². The van der Waals surface area contributed by atoms with Crippen molar-refractivity contribution in [3.63, 3.8) is 0 Å². The predicted molar refractivity (Wildman–Crippen MR) is 120 cm³/mol. The number of esters is 1. The molecule has 3 rings (SSSR count). The highest BCUT2D eigenvalue weighted by atomic mass is 35.5. The Morgan fingerprint density at radius 1 is 1.15 bits per heavy atom. The summed E-state index contributed by atoms with van der Waals surface area (Å²) in [6.45, 7) is 4.91. The number of methoxy groups -OCH3 is 1. The van der Waals surface area contributed by atoms with Crippen LogP contribution in [0.3, 0.4) is 0 Å². The number of ether oxygens (including phenoxy) is 2. The summed E-state index contributed by atoms with van der Waals surface area (Å²) in [5, 5.41) is 10.2. The summed E-state index contributed by atoms with van der Waals surface area (Å²) in [7, 11) is 2.86. The van der Waals surface area contributed by atoms with Crippen LogP contribution in [-0.4, -0.2) is 73.9 Å². The van der Waals surface area contributed by atoms with Gasteiger partial charge >= 0.3 is 18.1 Å². The number of carboxylic acid groups (broad SMARTS) is 1. The largest absolute Gasteiger partial charge is 0.478 e. The zero-order valence-corrected chi connectivity index (χ0v) is 20.0. The normalized spacial score (nSPS) is 19.7. The number of hydrogen-bond acceptors (Lipinski definition) is 6. The minimum atomic E-state index is -4.53. The number of hydrogen-bond donors (Lipinski definition) is 1. The predicted octanol–water partition coefficient (Wildman–Crippen LogP) is 3.66. The zero-order chi connectivity index (χ0) is 24.3. The monoisotopic (exact) mass is 504 g/mol. The van der Waals surface area contributed by atoms with Crippen molar-refractivity contribution in [3.8, 4) is 0 Å². The summed E-state index contributed by atoms with van der Waals surface area (Å²) in [5.74, 6) is -3.03. The second-order valence-corrected chi connectivity index (χ2v) is 7.97. The van der Waals surface area contributed by atoms with Crippen LogP contribution in [0, 0.1) is 0 Å². The van der Waals surface area contributed by atoms with E-state index >= 15 is 0 Å². The van der Waals surface area contributed by atoms with Crippen molar-refractivity contribution in [2.75, 3.05) is 47.0 Å². The van der Waals surface area contributed by atoms with E-state index in [1.54, 1.807) is 18.9 Å². The number of alkyl halides is 3. The molecule has 0 radical (unpaired) electrons. The summed E-state index contributed by atoms with van der Waals surface area (Å²) in [4.78, 5) is 29.0. The minimum absolute atomic E-state index is 0. The first-order valence-corrected chi connectivity index (χ1v) is 10.5. The quantitative estimate of drug-likeness (QED) is 0.592. The van der Waals surface area contributed by atoms with Crippen molar-refractivity contribution >= 4 is 24.3 Å². The van der Waals surface area contributed by atoms with Gasteiger partial charge in [0.2, 0.25) is 0 Å². The third kappa shape index (κ3) is 5.73. The standard InChI is InChI=1S/C23H27F3N2O5.ClH/c1-14-18(22(31)32-3)19(15-4-6-16(7-5-15)23(24,25)26)20(21(29)30)17(27(14)2)8-9-28-10-12-33-13-11-28;/h4-7,19H,8-13H2,1-3H3,(H,29,30);1H. The first-order valence-electron chi connectivity index (χ1n) is 10.5. The molecule has 1 N–H and O–H groups in total. The van der Waals surface area contributed by atoms with Crippen molar-refractivity contribution in [1.29, 1.82) is 0 Å². The molecule has 34 heavy (non-hydrogen) atoms. The molecule has 2 aliphatic heterocycles. The molecule has 0 bridgehead atoms. The van der Waals surface area contributed by atoms with Gasteiger partial charge in [-0.3, -0.25) is 4.90 Å². The van der Waals surface area contributed by atoms with Crippen LogP contribution < -0.4 is 0 Å². The maximum Gasteiger partial charge on any atom is 0.416 e. The molecule has 0 spiro atoms. The van der Waals surface area contributed by atoms with E-state index in [0.717, 1.165) is 25.2 Å². The Bertz CT molecular complexity index is 970. The third-order valence-corrected chi connectivity index (χ3v) is 6.16. The van der Waals surface area contributed by atoms with Gasteiger partial charge in [0, 0.05) is 44.5 Å². The molecule has 1 aromatic rings. The molecule has 2 heterocycles. The van der Waals surface area contributed by atoms with E-state index in [1.807, 2.05) is 0 Å². The van der Waals surface area contributed by atoms with Crippen LogP contribution in [-0.2, 0) is 25.2 Å². The van der Waals surface area contributed by atoms with Gasteiger partial charge in [0.05, 0.1) is 43.0 Å². The van der Waals surface area contributed by atoms with Gasteiger partial charge in [-0.25, -0.2) is 9.59 Å². The number of rotatable bonds is 6. The molecule has 11 heteroatoms. The maximum absolute atomic E-state index is 13.1. The van der Waals surface area contributed by atoms with E-state index in [1.165, 1.54) is 19.2 Å². The van der Waals surface area contributed by atoms with Crippen molar-refractivity contribution in [3.05, 3.63) is 57.9 Å². The number of morpholine rings is 1. The number of carbonyl (C=O) groups excluding carboxylic acids is 1. The second kappa shape index (κ2) is 11.2. The van der Waals surface area contributed by atoms with Crippen LogP contribution >= 0.6 is 12.4 Å². The van der Waals surface area contributed by atoms with Gasteiger partial charge in [0.1, 0.15) is 0 Å². The Morgan fingerprint density at radius 3 is 2.24 bits per heavy atom. The van der Waals surface area contributed by atoms with Crippen molar-refractivity contribution in [2.45, 2.75) is 25.4 Å². The summed E-state index contributed by atoms with van der Waals surface area (Å²) in [6.07, 6.45) is -4.14. The highest BCUT2D eigenvalue weighted by Gasteiger charge is 2.40. The van der Waals surface area contributed by atoms with Crippen LogP contribution in [0.5, 0.6) is 0 Å². The first-order chi connectivity index (χ1) is 15.6. The molecule has 1 fully saturated rings. The van der Waals surface area contributed by atoms with E-state index in [-0.39, 0.29) is 29.1 Å². The molecule has 1 aromatic carbocycles. The third-order valence-electron chi connectivity index (χ3n) is 6.16. The Balaban J connectivity index is 0.00000408. The van der Waals surface area contributed by atoms with Gasteiger partial charge in [-0.05, 0) is 24.6 Å². The smallest absolute Gasteiger partial charge is 0.416 e. The number of carbonyl (C=O) groups is 2. The molecule has 1 atom stereocenters. The van der Waals surface area contributed by atoms with Crippen molar-refractivity contribution < 1.29 is 37.3 Å². The molecular weight excluding hydrogens is 477 g/mol. The Kier molecular flexibility index (Phi) is 9.15. The average molecular weight is 505 g/mol. The van der Waals surface area contributed by atoms with Crippen LogP contribution in [0.4, 0.5) is 13.2 Å². The molecule has 1 unspecified atom stereocenters. The van der Waals surface area contributed by atoms with Gasteiger partial charge in [0.15, 0.2) is 0 Å². The number of allylic oxidation sites excluding steroid dienone is 1. The second-order valence-electron chi connectivity index (χ2n) is 7.97. The summed E-state index contributed by atoms with van der Waals surface area (Å²) in [6, 6.07) is 4.23. The van der Waals surface area contributed by atoms with Crippen LogP contribution in [0.1, 0.15) is 30.4 Å². The number of aliphatic carboxylic acids is 1. The van der Waals surface area contributed by atoms with Crippen molar-refractivity contribution in [2.24, 2.45) is 0 Å². The van der Waals surface area contributed by atoms with Gasteiger partial charge < -0.3 is 19.5 Å². The number of carboxylic acids is 1. The Morgan fingerprint density at radius 2 is 1.74 bits per heavy atom. The van der Waals surface area contributed by atoms with Crippen LogP contribution in [0.2, 0.25) is 0 Å². The molecular formula is C23H28ClF3N2O5. The average Bonchev–Trinajstić information content (AvgIpc) is 2.79.